The van der Waals surface area contributed by atoms with E-state index in [4.69, 9.17) is 0 Å². The lowest BCUT2D eigenvalue weighted by Crippen LogP contribution is -2.72. The zero-order chi connectivity index (χ0) is 16.7. The summed E-state index contributed by atoms with van der Waals surface area (Å²) in [6.07, 6.45) is 2.57. The summed E-state index contributed by atoms with van der Waals surface area (Å²) in [6.45, 7) is 0. The molecule has 2 aromatic rings. The summed E-state index contributed by atoms with van der Waals surface area (Å²) in [7, 11) is 0. The highest BCUT2D eigenvalue weighted by Crippen LogP contribution is 2.73. The topological polar surface area (TPSA) is 52.7 Å². The van der Waals surface area contributed by atoms with Gasteiger partial charge in [-0.25, -0.2) is 22.6 Å². The predicted octanol–water partition coefficient (Wildman–Crippen LogP) is 2.26. The molecule has 3 heterocycles. The molecule has 3 fully saturated rings. The van der Waals surface area contributed by atoms with Crippen LogP contribution in [0.25, 0.3) is 0 Å². The third-order valence-electron chi connectivity index (χ3n) is 5.90. The molecule has 0 spiro atoms. The van der Waals surface area contributed by atoms with Gasteiger partial charge in [-0.05, 0) is 37.3 Å². The fraction of sp³-hybridized carbons (Fsp3) is 0.562. The predicted molar refractivity (Wildman–Crippen MR) is 77.4 cm³/mol. The van der Waals surface area contributed by atoms with Crippen LogP contribution in [0.15, 0.2) is 23.3 Å². The minimum Gasteiger partial charge on any atom is -0.271 e. The SMILES string of the molecule is O=c1n(C23CC(C(F)F)(C2)C3)nc2n1[C@H](c1cncc(F)c1)CC2. The highest BCUT2D eigenvalue weighted by Gasteiger charge is 2.74. The Bertz CT molecular complexity index is 883. The Hall–Kier alpha value is -2.12. The molecule has 0 aromatic carbocycles. The molecular formula is C16H15F3N4O. The van der Waals surface area contributed by atoms with Gasteiger partial charge in [0, 0.05) is 18.0 Å². The molecule has 0 amide bonds. The summed E-state index contributed by atoms with van der Waals surface area (Å²) in [5.74, 6) is 0.199. The molecule has 126 valence electrons. The zero-order valence-electron chi connectivity index (χ0n) is 12.8. The van der Waals surface area contributed by atoms with Crippen LogP contribution in [0.3, 0.4) is 0 Å². The van der Waals surface area contributed by atoms with E-state index in [0.717, 1.165) is 6.20 Å². The summed E-state index contributed by atoms with van der Waals surface area (Å²) in [5.41, 5.74) is -1.08. The van der Waals surface area contributed by atoms with Crippen molar-refractivity contribution in [2.45, 2.75) is 50.1 Å². The Balaban J connectivity index is 1.51. The Kier molecular flexibility index (Phi) is 2.54. The van der Waals surface area contributed by atoms with E-state index in [1.807, 2.05) is 0 Å². The van der Waals surface area contributed by atoms with Crippen LogP contribution in [0.2, 0.25) is 0 Å². The summed E-state index contributed by atoms with van der Waals surface area (Å²) in [6, 6.07) is 1.09. The second-order valence-corrected chi connectivity index (χ2v) is 7.39. The van der Waals surface area contributed by atoms with Crippen LogP contribution in [0.5, 0.6) is 0 Å². The molecule has 0 radical (unpaired) electrons. The quantitative estimate of drug-likeness (QED) is 0.864. The van der Waals surface area contributed by atoms with Crippen LogP contribution in [-0.2, 0) is 12.0 Å². The third kappa shape index (κ3) is 1.58. The second kappa shape index (κ2) is 4.29. The molecule has 8 heteroatoms. The van der Waals surface area contributed by atoms with E-state index >= 15 is 0 Å². The maximum absolute atomic E-state index is 13.4. The smallest absolute Gasteiger partial charge is 0.271 e. The number of pyridine rings is 1. The largest absolute Gasteiger partial charge is 0.347 e. The number of halogens is 3. The average Bonchev–Trinajstić information content (AvgIpc) is 2.98. The van der Waals surface area contributed by atoms with Gasteiger partial charge < -0.3 is 0 Å². The van der Waals surface area contributed by atoms with Crippen molar-refractivity contribution >= 4 is 0 Å². The van der Waals surface area contributed by atoms with Gasteiger partial charge >= 0.3 is 5.69 Å². The van der Waals surface area contributed by atoms with Crippen LogP contribution >= 0.6 is 0 Å². The Morgan fingerprint density at radius 3 is 2.67 bits per heavy atom. The van der Waals surface area contributed by atoms with E-state index in [0.29, 0.717) is 43.5 Å². The maximum atomic E-state index is 13.4. The highest BCUT2D eigenvalue weighted by atomic mass is 19.3. The average molecular weight is 336 g/mol. The first kappa shape index (κ1) is 14.2. The Morgan fingerprint density at radius 2 is 2.00 bits per heavy atom. The van der Waals surface area contributed by atoms with Gasteiger partial charge in [0.1, 0.15) is 11.6 Å². The van der Waals surface area contributed by atoms with Gasteiger partial charge in [0.25, 0.3) is 0 Å². The first-order valence-electron chi connectivity index (χ1n) is 8.04. The highest BCUT2D eigenvalue weighted by molar-refractivity contribution is 5.24. The molecule has 3 saturated carbocycles. The summed E-state index contributed by atoms with van der Waals surface area (Å²) >= 11 is 0. The first-order valence-corrected chi connectivity index (χ1v) is 8.04. The van der Waals surface area contributed by atoms with Gasteiger partial charge in [0.2, 0.25) is 6.43 Å². The summed E-state index contributed by atoms with van der Waals surface area (Å²) in [5, 5.41) is 4.42. The molecule has 2 bridgehead atoms. The molecular weight excluding hydrogens is 321 g/mol. The van der Waals surface area contributed by atoms with Gasteiger partial charge in [0.15, 0.2) is 0 Å². The molecule has 4 aliphatic rings. The molecule has 6 rings (SSSR count). The standard InChI is InChI=1S/C16H15F3N4O/c17-10-3-9(4-20-5-10)11-1-2-12-21-23(14(24)22(11)12)16-6-15(7-16,8-16)13(18)19/h3-5,11,13H,1-2,6-8H2/t11-,15?,16?/m0/s1. The van der Waals surface area contributed by atoms with Gasteiger partial charge in [-0.3, -0.25) is 9.55 Å². The van der Waals surface area contributed by atoms with Crippen molar-refractivity contribution in [3.05, 3.63) is 46.1 Å². The number of rotatable bonds is 3. The molecule has 0 unspecified atom stereocenters. The number of aryl methyl sites for hydroxylation is 1. The molecule has 1 atom stereocenters. The van der Waals surface area contributed by atoms with Crippen molar-refractivity contribution in [1.29, 1.82) is 0 Å². The zero-order valence-corrected chi connectivity index (χ0v) is 12.8. The molecule has 5 nitrogen and oxygen atoms in total. The van der Waals surface area contributed by atoms with Crippen molar-refractivity contribution < 1.29 is 13.2 Å². The van der Waals surface area contributed by atoms with E-state index in [-0.39, 0.29) is 11.7 Å². The maximum Gasteiger partial charge on any atom is 0.347 e. The van der Waals surface area contributed by atoms with Crippen LogP contribution in [0, 0.1) is 11.2 Å². The lowest BCUT2D eigenvalue weighted by atomic mass is 9.39. The lowest BCUT2D eigenvalue weighted by Gasteiger charge is -2.68. The van der Waals surface area contributed by atoms with Crippen LogP contribution < -0.4 is 5.69 Å². The van der Waals surface area contributed by atoms with E-state index in [1.165, 1.54) is 10.7 Å². The van der Waals surface area contributed by atoms with Gasteiger partial charge in [0.05, 0.1) is 17.8 Å². The molecule has 3 aliphatic carbocycles. The summed E-state index contributed by atoms with van der Waals surface area (Å²) < 4.78 is 42.5. The van der Waals surface area contributed by atoms with Crippen molar-refractivity contribution in [3.8, 4) is 0 Å². The Labute approximate surface area is 135 Å². The van der Waals surface area contributed by atoms with Gasteiger partial charge in [-0.1, -0.05) is 0 Å². The van der Waals surface area contributed by atoms with Crippen molar-refractivity contribution in [2.24, 2.45) is 5.41 Å². The minimum atomic E-state index is -2.34. The molecule has 0 N–H and O–H groups in total. The number of nitrogens with zero attached hydrogens (tertiary/aromatic N) is 4. The fourth-order valence-electron chi connectivity index (χ4n) is 4.80. The van der Waals surface area contributed by atoms with Gasteiger partial charge in [-0.2, -0.15) is 5.10 Å². The van der Waals surface area contributed by atoms with Crippen LogP contribution in [0.4, 0.5) is 13.2 Å². The van der Waals surface area contributed by atoms with E-state index in [2.05, 4.69) is 10.1 Å². The van der Waals surface area contributed by atoms with Crippen LogP contribution in [-0.4, -0.2) is 25.8 Å². The normalized spacial score (nSPS) is 33.2. The van der Waals surface area contributed by atoms with Gasteiger partial charge in [-0.15, -0.1) is 0 Å². The monoisotopic (exact) mass is 336 g/mol. The lowest BCUT2D eigenvalue weighted by molar-refractivity contribution is -0.258. The Morgan fingerprint density at radius 1 is 1.25 bits per heavy atom. The fourth-order valence-corrected chi connectivity index (χ4v) is 4.80. The first-order chi connectivity index (χ1) is 11.4. The number of aromatic nitrogens is 4. The minimum absolute atomic E-state index is 0.278. The van der Waals surface area contributed by atoms with E-state index in [9.17, 15) is 18.0 Å². The summed E-state index contributed by atoms with van der Waals surface area (Å²) in [4.78, 5) is 16.7. The number of fused-ring (bicyclic) bond motifs is 1. The number of hydrogen-bond donors (Lipinski definition) is 0. The van der Waals surface area contributed by atoms with Crippen molar-refractivity contribution in [3.63, 3.8) is 0 Å². The van der Waals surface area contributed by atoms with E-state index in [1.54, 1.807) is 10.8 Å². The number of alkyl halides is 2. The molecule has 24 heavy (non-hydrogen) atoms. The third-order valence-corrected chi connectivity index (χ3v) is 5.90. The molecule has 1 aliphatic heterocycles. The number of hydrogen-bond acceptors (Lipinski definition) is 3. The second-order valence-electron chi connectivity index (χ2n) is 7.39. The molecule has 0 saturated heterocycles. The van der Waals surface area contributed by atoms with E-state index < -0.39 is 23.2 Å². The molecule has 2 aromatic heterocycles. The van der Waals surface area contributed by atoms with Crippen molar-refractivity contribution in [2.75, 3.05) is 0 Å². The van der Waals surface area contributed by atoms with Crippen molar-refractivity contribution in [1.82, 2.24) is 19.3 Å². The van der Waals surface area contributed by atoms with Crippen LogP contribution in [0.1, 0.15) is 43.1 Å².